The van der Waals surface area contributed by atoms with E-state index in [1.807, 2.05) is 41.5 Å². The number of nitro groups is 1. The molecule has 0 fully saturated rings. The van der Waals surface area contributed by atoms with Crippen molar-refractivity contribution in [1.29, 1.82) is 0 Å². The number of ether oxygens (including phenoxy) is 4. The zero-order valence-electron chi connectivity index (χ0n) is 42.7. The Balaban J connectivity index is 3.43. The van der Waals surface area contributed by atoms with Gasteiger partial charge in [-0.25, -0.2) is 0 Å². The lowest BCUT2D eigenvalue weighted by atomic mass is 9.82. The standard InChI is InChI=1S/C51H81N5O11/c1-16-29-50(14,15)65-36-34-46(6,7)53-42(59)27-31-51(32-28-43(60)54-47(8,9)37-66-49(12,13)18-3,30-26-41(58)52-45(4,5)33-35-64-48(10,11)17-2)55-40(57)20-19-21-44(61)67-39-24-22-38(23-25-39)56(62)63/h2-3,22-25H,16,19-21,26-37H2,1,4-15H3,(H,52,58)(H,53,59)(H,54,60)(H,55,57). The quantitative estimate of drug-likeness (QED) is 0.0180. The number of nitro benzene ring substituents is 1. The van der Waals surface area contributed by atoms with E-state index in [0.29, 0.717) is 19.4 Å². The molecule has 4 N–H and O–H groups in total. The summed E-state index contributed by atoms with van der Waals surface area (Å²) in [7, 11) is 0. The van der Waals surface area contributed by atoms with Crippen LogP contribution in [0.15, 0.2) is 24.3 Å². The number of amides is 4. The highest BCUT2D eigenvalue weighted by atomic mass is 16.6. The van der Waals surface area contributed by atoms with E-state index in [1.165, 1.54) is 24.3 Å². The van der Waals surface area contributed by atoms with E-state index in [0.717, 1.165) is 12.8 Å². The van der Waals surface area contributed by atoms with Crippen molar-refractivity contribution >= 4 is 35.3 Å². The number of non-ortho nitro benzene ring substituents is 1. The first-order chi connectivity index (χ1) is 30.8. The van der Waals surface area contributed by atoms with E-state index in [1.54, 1.807) is 41.5 Å². The maximum absolute atomic E-state index is 13.9. The molecule has 1 aromatic carbocycles. The average molecular weight is 940 g/mol. The van der Waals surface area contributed by atoms with Gasteiger partial charge in [0.2, 0.25) is 23.6 Å². The van der Waals surface area contributed by atoms with Crippen LogP contribution in [0.5, 0.6) is 5.75 Å². The molecular weight excluding hydrogens is 859 g/mol. The molecule has 67 heavy (non-hydrogen) atoms. The first-order valence-corrected chi connectivity index (χ1v) is 23.3. The number of rotatable bonds is 32. The molecule has 0 aliphatic rings. The molecule has 1 unspecified atom stereocenters. The molecule has 0 aliphatic heterocycles. The lowest BCUT2D eigenvalue weighted by Crippen LogP contribution is -2.53. The molecule has 16 nitrogen and oxygen atoms in total. The van der Waals surface area contributed by atoms with Crippen LogP contribution in [0.3, 0.4) is 0 Å². The van der Waals surface area contributed by atoms with Crippen LogP contribution in [0, 0.1) is 34.8 Å². The predicted molar refractivity (Wildman–Crippen MR) is 260 cm³/mol. The number of hydrogen-bond donors (Lipinski definition) is 4. The van der Waals surface area contributed by atoms with Crippen LogP contribution in [0.1, 0.15) is 173 Å². The lowest BCUT2D eigenvalue weighted by molar-refractivity contribution is -0.384. The van der Waals surface area contributed by atoms with Crippen molar-refractivity contribution in [3.8, 4) is 30.4 Å². The van der Waals surface area contributed by atoms with Gasteiger partial charge in [0.1, 0.15) is 17.0 Å². The van der Waals surface area contributed by atoms with Crippen molar-refractivity contribution < 1.29 is 47.8 Å². The van der Waals surface area contributed by atoms with Crippen molar-refractivity contribution in [3.63, 3.8) is 0 Å². The van der Waals surface area contributed by atoms with Crippen molar-refractivity contribution in [2.24, 2.45) is 0 Å². The topological polar surface area (TPSA) is 214 Å². The van der Waals surface area contributed by atoms with E-state index in [9.17, 15) is 34.1 Å². The van der Waals surface area contributed by atoms with Crippen LogP contribution in [0.4, 0.5) is 5.69 Å². The minimum atomic E-state index is -1.24. The molecule has 0 saturated carbocycles. The van der Waals surface area contributed by atoms with Gasteiger partial charge in [-0.1, -0.05) is 25.2 Å². The number of nitrogens with zero attached hydrogens (tertiary/aromatic N) is 1. The maximum Gasteiger partial charge on any atom is 0.311 e. The minimum absolute atomic E-state index is 0.0506. The summed E-state index contributed by atoms with van der Waals surface area (Å²) in [5.74, 6) is 3.22. The third-order valence-corrected chi connectivity index (χ3v) is 11.1. The van der Waals surface area contributed by atoms with Crippen molar-refractivity contribution in [3.05, 3.63) is 34.4 Å². The summed E-state index contributed by atoms with van der Waals surface area (Å²) in [5.41, 5.74) is -5.51. The second-order valence-electron chi connectivity index (χ2n) is 21.0. The van der Waals surface area contributed by atoms with Gasteiger partial charge in [-0.2, -0.15) is 0 Å². The van der Waals surface area contributed by atoms with E-state index < -0.39 is 50.2 Å². The summed E-state index contributed by atoms with van der Waals surface area (Å²) in [6, 6.07) is 5.05. The molecule has 16 heteroatoms. The first-order valence-electron chi connectivity index (χ1n) is 23.3. The van der Waals surface area contributed by atoms with Crippen molar-refractivity contribution in [2.75, 3.05) is 19.8 Å². The monoisotopic (exact) mass is 940 g/mol. The third-order valence-electron chi connectivity index (χ3n) is 11.1. The van der Waals surface area contributed by atoms with Gasteiger partial charge in [-0.15, -0.1) is 12.8 Å². The fourth-order valence-corrected chi connectivity index (χ4v) is 6.93. The highest BCUT2D eigenvalue weighted by molar-refractivity contribution is 5.81. The molecule has 0 bridgehead atoms. The molecule has 0 heterocycles. The molecular formula is C51H81N5O11. The largest absolute Gasteiger partial charge is 0.427 e. The van der Waals surface area contributed by atoms with E-state index in [2.05, 4.69) is 40.0 Å². The zero-order valence-corrected chi connectivity index (χ0v) is 42.7. The number of carbonyl (C=O) groups is 5. The van der Waals surface area contributed by atoms with Gasteiger partial charge in [-0.3, -0.25) is 34.1 Å². The Hall–Kier alpha value is -5.03. The molecule has 0 aliphatic carbocycles. The van der Waals surface area contributed by atoms with Crippen LogP contribution in [0.25, 0.3) is 0 Å². The summed E-state index contributed by atoms with van der Waals surface area (Å²) < 4.78 is 23.1. The summed E-state index contributed by atoms with van der Waals surface area (Å²) in [6.07, 6.45) is 13.8. The SMILES string of the molecule is C#CC(C)(C)OCCC(C)(C)NC(=O)CCC(CCC(=O)NC(C)(C)CCOC(C)(C)CCC)(CCC(=O)NC(C)(C)COC(C)(C)C#C)NC(=O)CCCC(=O)Oc1ccc([N+](=O)[O-])cc1. The van der Waals surface area contributed by atoms with Gasteiger partial charge in [0.05, 0.1) is 29.3 Å². The fraction of sp³-hybridized carbons (Fsp3) is 0.706. The molecule has 0 aromatic heterocycles. The van der Waals surface area contributed by atoms with Crippen LogP contribution in [-0.2, 0) is 38.2 Å². The van der Waals surface area contributed by atoms with E-state index in [-0.39, 0.29) is 106 Å². The lowest BCUT2D eigenvalue weighted by Gasteiger charge is -2.37. The Labute approximate surface area is 400 Å². The van der Waals surface area contributed by atoms with Gasteiger partial charge in [0, 0.05) is 67.5 Å². The first kappa shape index (κ1) is 60.0. The number of nitrogens with one attached hydrogen (secondary N) is 4. The van der Waals surface area contributed by atoms with Crippen molar-refractivity contribution in [2.45, 2.75) is 212 Å². The number of benzene rings is 1. The molecule has 1 atom stereocenters. The summed E-state index contributed by atoms with van der Waals surface area (Å²) in [5, 5.41) is 23.3. The second kappa shape index (κ2) is 26.5. The normalized spacial score (nSPS) is 13.3. The minimum Gasteiger partial charge on any atom is -0.427 e. The Morgan fingerprint density at radius 2 is 1.01 bits per heavy atom. The Morgan fingerprint density at radius 1 is 0.582 bits per heavy atom. The summed E-state index contributed by atoms with van der Waals surface area (Å²) in [4.78, 5) is 78.2. The molecule has 1 aromatic rings. The van der Waals surface area contributed by atoms with Gasteiger partial charge >= 0.3 is 5.97 Å². The molecule has 4 amide bonds. The van der Waals surface area contributed by atoms with E-state index in [4.69, 9.17) is 31.8 Å². The highest BCUT2D eigenvalue weighted by Crippen LogP contribution is 2.28. The van der Waals surface area contributed by atoms with Crippen LogP contribution >= 0.6 is 0 Å². The fourth-order valence-electron chi connectivity index (χ4n) is 6.93. The molecule has 1 rings (SSSR count). The maximum atomic E-state index is 13.9. The van der Waals surface area contributed by atoms with Crippen molar-refractivity contribution in [1.82, 2.24) is 21.3 Å². The van der Waals surface area contributed by atoms with Crippen LogP contribution in [-0.4, -0.2) is 93.3 Å². The zero-order chi connectivity index (χ0) is 51.3. The van der Waals surface area contributed by atoms with Crippen LogP contribution in [0.2, 0.25) is 0 Å². The number of terminal acetylenes is 2. The molecule has 0 saturated heterocycles. The second-order valence-corrected chi connectivity index (χ2v) is 21.0. The summed E-state index contributed by atoms with van der Waals surface area (Å²) >= 11 is 0. The Bertz CT molecular complexity index is 1890. The van der Waals surface area contributed by atoms with Gasteiger partial charge in [0.15, 0.2) is 0 Å². The number of hydrogen-bond acceptors (Lipinski definition) is 11. The number of carbonyl (C=O) groups excluding carboxylic acids is 5. The summed E-state index contributed by atoms with van der Waals surface area (Å²) in [6.45, 7) is 25.2. The Kier molecular flexibility index (Phi) is 23.7. The third kappa shape index (κ3) is 26.2. The van der Waals surface area contributed by atoms with Gasteiger partial charge in [-0.05, 0) is 140 Å². The Morgan fingerprint density at radius 3 is 1.46 bits per heavy atom. The van der Waals surface area contributed by atoms with Crippen LogP contribution < -0.4 is 26.0 Å². The van der Waals surface area contributed by atoms with Gasteiger partial charge < -0.3 is 40.2 Å². The number of esters is 1. The average Bonchev–Trinajstić information content (AvgIpc) is 3.20. The van der Waals surface area contributed by atoms with E-state index >= 15 is 0 Å². The molecule has 376 valence electrons. The van der Waals surface area contributed by atoms with Gasteiger partial charge in [0.25, 0.3) is 5.69 Å². The molecule has 0 radical (unpaired) electrons. The smallest absolute Gasteiger partial charge is 0.311 e. The predicted octanol–water partition coefficient (Wildman–Crippen LogP) is 7.78. The highest BCUT2D eigenvalue weighted by Gasteiger charge is 2.36. The molecule has 0 spiro atoms.